The zero-order valence-electron chi connectivity index (χ0n) is 11.1. The van der Waals surface area contributed by atoms with E-state index < -0.39 is 0 Å². The van der Waals surface area contributed by atoms with Gasteiger partial charge in [-0.05, 0) is 37.6 Å². The Bertz CT molecular complexity index is 279. The first-order valence-corrected chi connectivity index (χ1v) is 6.99. The Balaban J connectivity index is 1.85. The lowest BCUT2D eigenvalue weighted by molar-refractivity contribution is -0.126. The van der Waals surface area contributed by atoms with Crippen LogP contribution in [0.2, 0.25) is 0 Å². The highest BCUT2D eigenvalue weighted by atomic mass is 16.3. The van der Waals surface area contributed by atoms with E-state index in [0.29, 0.717) is 17.6 Å². The fourth-order valence-corrected chi connectivity index (χ4v) is 3.10. The van der Waals surface area contributed by atoms with Gasteiger partial charge in [0, 0.05) is 25.4 Å². The van der Waals surface area contributed by atoms with Crippen molar-refractivity contribution in [1.82, 2.24) is 4.90 Å². The summed E-state index contributed by atoms with van der Waals surface area (Å²) in [5.74, 6) is 1.76. The van der Waals surface area contributed by atoms with Gasteiger partial charge in [-0.25, -0.2) is 0 Å². The number of ketones is 1. The third-order valence-corrected chi connectivity index (χ3v) is 4.51. The second kappa shape index (κ2) is 5.49. The van der Waals surface area contributed by atoms with Crippen molar-refractivity contribution < 1.29 is 9.90 Å². The van der Waals surface area contributed by atoms with Gasteiger partial charge < -0.3 is 10.0 Å². The maximum atomic E-state index is 11.9. The van der Waals surface area contributed by atoms with Crippen molar-refractivity contribution in [2.45, 2.75) is 45.6 Å². The first-order valence-electron chi connectivity index (χ1n) is 6.99. The molecule has 98 valence electrons. The van der Waals surface area contributed by atoms with Gasteiger partial charge in [0.1, 0.15) is 5.78 Å². The van der Waals surface area contributed by atoms with Gasteiger partial charge in [-0.15, -0.1) is 0 Å². The molecule has 1 saturated carbocycles. The molecule has 0 radical (unpaired) electrons. The van der Waals surface area contributed by atoms with Crippen molar-refractivity contribution in [2.75, 3.05) is 19.6 Å². The number of Topliss-reactive ketones (excluding diaryl/α,β-unsaturated/α-hetero) is 1. The lowest BCUT2D eigenvalue weighted by atomic mass is 9.81. The van der Waals surface area contributed by atoms with Crippen molar-refractivity contribution in [3.8, 4) is 0 Å². The number of nitrogens with zero attached hydrogens (tertiary/aromatic N) is 1. The number of hydrogen-bond donors (Lipinski definition) is 1. The lowest BCUT2D eigenvalue weighted by Crippen LogP contribution is -2.46. The van der Waals surface area contributed by atoms with Crippen LogP contribution in [0.5, 0.6) is 0 Å². The molecule has 1 saturated heterocycles. The Morgan fingerprint density at radius 1 is 1.35 bits per heavy atom. The summed E-state index contributed by atoms with van der Waals surface area (Å²) in [5.41, 5.74) is 0. The zero-order chi connectivity index (χ0) is 12.4. The molecule has 1 aliphatic carbocycles. The summed E-state index contributed by atoms with van der Waals surface area (Å²) < 4.78 is 0. The standard InChI is InChI=1S/C14H25NO2/c1-10-3-4-13(16)12(7-10)8-15-6-5-11(2)14(17)9-15/h10-12,14,17H,3-9H2,1-2H3. The Kier molecular flexibility index (Phi) is 4.21. The van der Waals surface area contributed by atoms with E-state index in [1.54, 1.807) is 0 Å². The molecule has 2 rings (SSSR count). The van der Waals surface area contributed by atoms with Gasteiger partial charge in [0.25, 0.3) is 0 Å². The fourth-order valence-electron chi connectivity index (χ4n) is 3.10. The maximum Gasteiger partial charge on any atom is 0.137 e. The molecule has 2 aliphatic rings. The molecule has 4 atom stereocenters. The first kappa shape index (κ1) is 13.0. The number of aliphatic hydroxyl groups is 1. The molecular weight excluding hydrogens is 214 g/mol. The number of aliphatic hydroxyl groups excluding tert-OH is 1. The van der Waals surface area contributed by atoms with Crippen LogP contribution in [0.3, 0.4) is 0 Å². The Morgan fingerprint density at radius 3 is 2.82 bits per heavy atom. The number of piperidine rings is 1. The molecule has 0 aromatic carbocycles. The summed E-state index contributed by atoms with van der Waals surface area (Å²) in [6.45, 7) is 7.01. The van der Waals surface area contributed by atoms with Crippen LogP contribution in [0.15, 0.2) is 0 Å². The average Bonchev–Trinajstić information content (AvgIpc) is 2.29. The normalized spacial score (nSPS) is 40.5. The number of carbonyl (C=O) groups is 1. The van der Waals surface area contributed by atoms with Gasteiger partial charge in [0.05, 0.1) is 6.10 Å². The van der Waals surface area contributed by atoms with E-state index in [-0.39, 0.29) is 12.0 Å². The van der Waals surface area contributed by atoms with Crippen molar-refractivity contribution >= 4 is 5.78 Å². The second-order valence-corrected chi connectivity index (χ2v) is 6.14. The SMILES string of the molecule is CC1CCC(=O)C(CN2CCC(C)C(O)C2)C1. The largest absolute Gasteiger partial charge is 0.392 e. The third kappa shape index (κ3) is 3.29. The van der Waals surface area contributed by atoms with Crippen LogP contribution in [0.25, 0.3) is 0 Å². The van der Waals surface area contributed by atoms with Gasteiger partial charge in [-0.3, -0.25) is 4.79 Å². The smallest absolute Gasteiger partial charge is 0.137 e. The molecule has 3 nitrogen and oxygen atoms in total. The number of hydrogen-bond acceptors (Lipinski definition) is 3. The summed E-state index contributed by atoms with van der Waals surface area (Å²) >= 11 is 0. The number of rotatable bonds is 2. The minimum atomic E-state index is -0.208. The third-order valence-electron chi connectivity index (χ3n) is 4.51. The minimum absolute atomic E-state index is 0.208. The minimum Gasteiger partial charge on any atom is -0.392 e. The maximum absolute atomic E-state index is 11.9. The van der Waals surface area contributed by atoms with Gasteiger partial charge >= 0.3 is 0 Å². The molecule has 0 amide bonds. The summed E-state index contributed by atoms with van der Waals surface area (Å²) in [6, 6.07) is 0. The van der Waals surface area contributed by atoms with Crippen molar-refractivity contribution in [3.05, 3.63) is 0 Å². The van der Waals surface area contributed by atoms with Crippen LogP contribution in [0.1, 0.15) is 39.5 Å². The van der Waals surface area contributed by atoms with Crippen molar-refractivity contribution in [1.29, 1.82) is 0 Å². The molecule has 3 heteroatoms. The van der Waals surface area contributed by atoms with E-state index in [2.05, 4.69) is 18.7 Å². The summed E-state index contributed by atoms with van der Waals surface area (Å²) in [5, 5.41) is 9.87. The van der Waals surface area contributed by atoms with Crippen LogP contribution in [-0.2, 0) is 4.79 Å². The van der Waals surface area contributed by atoms with Gasteiger partial charge in [0.15, 0.2) is 0 Å². The fraction of sp³-hybridized carbons (Fsp3) is 0.929. The monoisotopic (exact) mass is 239 g/mol. The summed E-state index contributed by atoms with van der Waals surface area (Å²) in [6.07, 6.45) is 3.71. The van der Waals surface area contributed by atoms with E-state index in [1.807, 2.05) is 0 Å². The van der Waals surface area contributed by atoms with E-state index >= 15 is 0 Å². The highest BCUT2D eigenvalue weighted by Crippen LogP contribution is 2.28. The van der Waals surface area contributed by atoms with Gasteiger partial charge in [-0.2, -0.15) is 0 Å². The highest BCUT2D eigenvalue weighted by Gasteiger charge is 2.31. The molecule has 0 spiro atoms. The second-order valence-electron chi connectivity index (χ2n) is 6.14. The molecular formula is C14H25NO2. The summed E-state index contributed by atoms with van der Waals surface area (Å²) in [7, 11) is 0. The Hall–Kier alpha value is -0.410. The first-order chi connectivity index (χ1) is 8.06. The van der Waals surface area contributed by atoms with E-state index in [9.17, 15) is 9.90 Å². The molecule has 1 N–H and O–H groups in total. The highest BCUT2D eigenvalue weighted by molar-refractivity contribution is 5.81. The van der Waals surface area contributed by atoms with Gasteiger partial charge in [-0.1, -0.05) is 13.8 Å². The molecule has 1 heterocycles. The molecule has 4 unspecified atom stereocenters. The topological polar surface area (TPSA) is 40.5 Å². The molecule has 2 fully saturated rings. The van der Waals surface area contributed by atoms with Crippen LogP contribution >= 0.6 is 0 Å². The Morgan fingerprint density at radius 2 is 2.12 bits per heavy atom. The molecule has 0 aromatic rings. The van der Waals surface area contributed by atoms with Gasteiger partial charge in [0.2, 0.25) is 0 Å². The van der Waals surface area contributed by atoms with Crippen LogP contribution in [0.4, 0.5) is 0 Å². The molecule has 17 heavy (non-hydrogen) atoms. The molecule has 0 aromatic heterocycles. The molecule has 0 bridgehead atoms. The predicted octanol–water partition coefficient (Wildman–Crippen LogP) is 1.69. The average molecular weight is 239 g/mol. The van der Waals surface area contributed by atoms with Crippen molar-refractivity contribution in [2.24, 2.45) is 17.8 Å². The Labute approximate surface area is 104 Å². The predicted molar refractivity (Wildman–Crippen MR) is 67.7 cm³/mol. The van der Waals surface area contributed by atoms with E-state index in [1.165, 1.54) is 0 Å². The lowest BCUT2D eigenvalue weighted by Gasteiger charge is -2.37. The van der Waals surface area contributed by atoms with Crippen LogP contribution in [-0.4, -0.2) is 41.5 Å². The van der Waals surface area contributed by atoms with E-state index in [4.69, 9.17) is 0 Å². The van der Waals surface area contributed by atoms with Crippen LogP contribution in [0, 0.1) is 17.8 Å². The number of β-amino-alcohol motifs (C(OH)–C–C–N with tert-alkyl or cyclic N) is 1. The van der Waals surface area contributed by atoms with E-state index in [0.717, 1.165) is 45.3 Å². The number of carbonyl (C=O) groups excluding carboxylic acids is 1. The quantitative estimate of drug-likeness (QED) is 0.797. The zero-order valence-corrected chi connectivity index (χ0v) is 11.1. The van der Waals surface area contributed by atoms with Crippen molar-refractivity contribution in [3.63, 3.8) is 0 Å². The number of likely N-dealkylation sites (tertiary alicyclic amines) is 1. The van der Waals surface area contributed by atoms with Crippen LogP contribution < -0.4 is 0 Å². The summed E-state index contributed by atoms with van der Waals surface area (Å²) in [4.78, 5) is 14.2. The molecule has 1 aliphatic heterocycles.